The van der Waals surface area contributed by atoms with Crippen LogP contribution in [0.15, 0.2) is 48.5 Å². The second-order valence-corrected chi connectivity index (χ2v) is 6.41. The molecule has 0 aromatic heterocycles. The molecule has 2 aromatic rings. The number of hydrogen-bond donors (Lipinski definition) is 0. The van der Waals surface area contributed by atoms with Gasteiger partial charge in [-0.2, -0.15) is 5.26 Å². The van der Waals surface area contributed by atoms with Crippen LogP contribution in [0.4, 0.5) is 5.69 Å². The fourth-order valence-corrected chi connectivity index (χ4v) is 3.11. The van der Waals surface area contributed by atoms with Gasteiger partial charge in [0, 0.05) is 37.9 Å². The van der Waals surface area contributed by atoms with Crippen molar-refractivity contribution in [3.05, 3.63) is 54.1 Å². The third-order valence-electron chi connectivity index (χ3n) is 4.65. The molecule has 0 spiro atoms. The maximum atomic E-state index is 12.7. The SMILES string of the molecule is COc1cccc(N2CCN(C(=O)[C@@H](C)Oc3ccc(C#N)cc3)CC2)c1. The Morgan fingerprint density at radius 1 is 1.07 bits per heavy atom. The molecule has 1 aliphatic rings. The molecule has 3 rings (SSSR count). The molecule has 0 saturated carbocycles. The highest BCUT2D eigenvalue weighted by molar-refractivity contribution is 5.81. The van der Waals surface area contributed by atoms with Crippen molar-refractivity contribution in [3.8, 4) is 17.6 Å². The monoisotopic (exact) mass is 365 g/mol. The summed E-state index contributed by atoms with van der Waals surface area (Å²) < 4.78 is 11.0. The third kappa shape index (κ3) is 4.50. The second-order valence-electron chi connectivity index (χ2n) is 6.41. The molecule has 6 heteroatoms. The molecular weight excluding hydrogens is 342 g/mol. The number of methoxy groups -OCH3 is 1. The van der Waals surface area contributed by atoms with Gasteiger partial charge in [-0.05, 0) is 43.3 Å². The van der Waals surface area contributed by atoms with Crippen molar-refractivity contribution in [1.29, 1.82) is 5.26 Å². The van der Waals surface area contributed by atoms with Gasteiger partial charge in [-0.25, -0.2) is 0 Å². The number of hydrogen-bond acceptors (Lipinski definition) is 5. The normalized spacial score (nSPS) is 15.0. The summed E-state index contributed by atoms with van der Waals surface area (Å²) in [6, 6.07) is 16.8. The molecule has 1 saturated heterocycles. The van der Waals surface area contributed by atoms with Gasteiger partial charge >= 0.3 is 0 Å². The number of carbonyl (C=O) groups excluding carboxylic acids is 1. The fourth-order valence-electron chi connectivity index (χ4n) is 3.11. The van der Waals surface area contributed by atoms with Crippen LogP contribution < -0.4 is 14.4 Å². The van der Waals surface area contributed by atoms with Gasteiger partial charge in [-0.1, -0.05) is 6.07 Å². The minimum Gasteiger partial charge on any atom is -0.497 e. The van der Waals surface area contributed by atoms with Gasteiger partial charge in [-0.3, -0.25) is 4.79 Å². The van der Waals surface area contributed by atoms with Crippen LogP contribution in [0, 0.1) is 11.3 Å². The lowest BCUT2D eigenvalue weighted by Gasteiger charge is -2.37. The van der Waals surface area contributed by atoms with Crippen molar-refractivity contribution in [3.63, 3.8) is 0 Å². The molecule has 0 radical (unpaired) electrons. The van der Waals surface area contributed by atoms with Gasteiger partial charge in [0.2, 0.25) is 0 Å². The molecule has 0 bridgehead atoms. The molecule has 27 heavy (non-hydrogen) atoms. The smallest absolute Gasteiger partial charge is 0.263 e. The zero-order valence-corrected chi connectivity index (χ0v) is 15.6. The number of anilines is 1. The average Bonchev–Trinajstić information content (AvgIpc) is 2.74. The zero-order chi connectivity index (χ0) is 19.2. The Morgan fingerprint density at radius 2 is 1.78 bits per heavy atom. The molecule has 0 aliphatic carbocycles. The number of nitriles is 1. The molecule has 1 aliphatic heterocycles. The van der Waals surface area contributed by atoms with Crippen LogP contribution in [0.25, 0.3) is 0 Å². The summed E-state index contributed by atoms with van der Waals surface area (Å²) in [6.07, 6.45) is -0.568. The van der Waals surface area contributed by atoms with Crippen LogP contribution in [0.3, 0.4) is 0 Å². The zero-order valence-electron chi connectivity index (χ0n) is 15.6. The Morgan fingerprint density at radius 3 is 2.41 bits per heavy atom. The van der Waals surface area contributed by atoms with E-state index in [9.17, 15) is 4.79 Å². The van der Waals surface area contributed by atoms with E-state index in [-0.39, 0.29) is 5.91 Å². The number of amides is 1. The van der Waals surface area contributed by atoms with Crippen molar-refractivity contribution in [1.82, 2.24) is 4.90 Å². The first-order valence-electron chi connectivity index (χ1n) is 8.95. The van der Waals surface area contributed by atoms with Gasteiger partial charge < -0.3 is 19.3 Å². The van der Waals surface area contributed by atoms with E-state index in [0.29, 0.717) is 24.4 Å². The lowest BCUT2D eigenvalue weighted by atomic mass is 10.2. The minimum absolute atomic E-state index is 0.0235. The van der Waals surface area contributed by atoms with Crippen LogP contribution in [0.5, 0.6) is 11.5 Å². The van der Waals surface area contributed by atoms with E-state index in [1.807, 2.05) is 23.1 Å². The van der Waals surface area contributed by atoms with Crippen molar-refractivity contribution in [2.45, 2.75) is 13.0 Å². The van der Waals surface area contributed by atoms with Crippen molar-refractivity contribution >= 4 is 11.6 Å². The molecule has 2 aromatic carbocycles. The lowest BCUT2D eigenvalue weighted by Crippen LogP contribution is -2.52. The number of rotatable bonds is 5. The molecular formula is C21H23N3O3. The molecule has 1 heterocycles. The molecule has 0 N–H and O–H groups in total. The van der Waals surface area contributed by atoms with Gasteiger partial charge in [-0.15, -0.1) is 0 Å². The van der Waals surface area contributed by atoms with Crippen LogP contribution in [-0.4, -0.2) is 50.2 Å². The summed E-state index contributed by atoms with van der Waals surface area (Å²) in [6.45, 7) is 4.59. The number of ether oxygens (including phenoxy) is 2. The Hall–Kier alpha value is -3.20. The van der Waals surface area contributed by atoms with E-state index in [0.717, 1.165) is 24.5 Å². The van der Waals surface area contributed by atoms with E-state index in [2.05, 4.69) is 17.0 Å². The van der Waals surface area contributed by atoms with Gasteiger partial charge in [0.05, 0.1) is 18.7 Å². The molecule has 1 fully saturated rings. The predicted octanol–water partition coefficient (Wildman–Crippen LogP) is 2.68. The molecule has 6 nitrogen and oxygen atoms in total. The average molecular weight is 365 g/mol. The van der Waals surface area contributed by atoms with E-state index in [1.54, 1.807) is 38.3 Å². The van der Waals surface area contributed by atoms with Gasteiger partial charge in [0.25, 0.3) is 5.91 Å². The van der Waals surface area contributed by atoms with Crippen molar-refractivity contribution < 1.29 is 14.3 Å². The van der Waals surface area contributed by atoms with Crippen LogP contribution in [-0.2, 0) is 4.79 Å². The topological polar surface area (TPSA) is 65.8 Å². The molecule has 1 amide bonds. The Balaban J connectivity index is 1.54. The maximum absolute atomic E-state index is 12.7. The van der Waals surface area contributed by atoms with Crippen LogP contribution in [0.1, 0.15) is 12.5 Å². The van der Waals surface area contributed by atoms with E-state index in [4.69, 9.17) is 14.7 Å². The van der Waals surface area contributed by atoms with E-state index < -0.39 is 6.10 Å². The van der Waals surface area contributed by atoms with Crippen molar-refractivity contribution in [2.24, 2.45) is 0 Å². The summed E-state index contributed by atoms with van der Waals surface area (Å²) >= 11 is 0. The second kappa shape index (κ2) is 8.45. The highest BCUT2D eigenvalue weighted by Gasteiger charge is 2.26. The summed E-state index contributed by atoms with van der Waals surface area (Å²) in [7, 11) is 1.66. The quantitative estimate of drug-likeness (QED) is 0.815. The predicted molar refractivity (Wildman–Crippen MR) is 103 cm³/mol. The lowest BCUT2D eigenvalue weighted by molar-refractivity contribution is -0.138. The Bertz CT molecular complexity index is 821. The first kappa shape index (κ1) is 18.6. The van der Waals surface area contributed by atoms with Crippen LogP contribution in [0.2, 0.25) is 0 Å². The first-order chi connectivity index (χ1) is 13.1. The number of carbonyl (C=O) groups is 1. The Labute approximate surface area is 159 Å². The largest absolute Gasteiger partial charge is 0.497 e. The standard InChI is InChI=1S/C21H23N3O3/c1-16(27-19-8-6-17(15-22)7-9-19)21(25)24-12-10-23(11-13-24)18-4-3-5-20(14-18)26-2/h3-9,14,16H,10-13H2,1-2H3/t16-/m1/s1. The number of nitrogens with zero attached hydrogens (tertiary/aromatic N) is 3. The Kier molecular flexibility index (Phi) is 5.82. The number of benzene rings is 2. The summed E-state index contributed by atoms with van der Waals surface area (Å²) in [4.78, 5) is 16.8. The van der Waals surface area contributed by atoms with E-state index in [1.165, 1.54) is 0 Å². The maximum Gasteiger partial charge on any atom is 0.263 e. The highest BCUT2D eigenvalue weighted by Crippen LogP contribution is 2.22. The van der Waals surface area contributed by atoms with Gasteiger partial charge in [0.1, 0.15) is 11.5 Å². The minimum atomic E-state index is -0.568. The van der Waals surface area contributed by atoms with E-state index >= 15 is 0 Å². The fraction of sp³-hybridized carbons (Fsp3) is 0.333. The summed E-state index contributed by atoms with van der Waals surface area (Å²) in [5.74, 6) is 1.39. The summed E-state index contributed by atoms with van der Waals surface area (Å²) in [5, 5.41) is 8.84. The third-order valence-corrected chi connectivity index (χ3v) is 4.65. The first-order valence-corrected chi connectivity index (χ1v) is 8.95. The van der Waals surface area contributed by atoms with Gasteiger partial charge in [0.15, 0.2) is 6.10 Å². The number of piperazine rings is 1. The molecule has 140 valence electrons. The van der Waals surface area contributed by atoms with Crippen molar-refractivity contribution in [2.75, 3.05) is 38.2 Å². The van der Waals surface area contributed by atoms with Crippen LogP contribution >= 0.6 is 0 Å². The molecule has 0 unspecified atom stereocenters. The summed E-state index contributed by atoms with van der Waals surface area (Å²) in [5.41, 5.74) is 1.67. The molecule has 1 atom stereocenters. The highest BCUT2D eigenvalue weighted by atomic mass is 16.5.